The minimum atomic E-state index is -1.43. The van der Waals surface area contributed by atoms with Crippen molar-refractivity contribution in [2.75, 3.05) is 6.61 Å². The highest BCUT2D eigenvalue weighted by Crippen LogP contribution is 2.07. The Bertz CT molecular complexity index is 897. The molecule has 0 aliphatic rings. The van der Waals surface area contributed by atoms with Crippen molar-refractivity contribution < 1.29 is 18.7 Å². The molecule has 1 aromatic carbocycles. The number of benzene rings is 1. The molecule has 0 fully saturated rings. The quantitative estimate of drug-likeness (QED) is 0.828. The average molecular weight is 320 g/mol. The summed E-state index contributed by atoms with van der Waals surface area (Å²) in [4.78, 5) is 48.2. The van der Waals surface area contributed by atoms with Gasteiger partial charge < -0.3 is 4.74 Å². The normalized spacial score (nSPS) is 10.4. The van der Waals surface area contributed by atoms with E-state index in [0.29, 0.717) is 11.8 Å². The summed E-state index contributed by atoms with van der Waals surface area (Å²) in [6.45, 7) is 3.03. The molecule has 7 nitrogen and oxygen atoms in total. The third-order valence-electron chi connectivity index (χ3n) is 3.09. The van der Waals surface area contributed by atoms with E-state index in [0.717, 1.165) is 0 Å². The SMILES string of the molecule is CCOC(=O)n1cc(F)c(=O)n(C(=O)c2ccccc2C)c1=O. The maximum absolute atomic E-state index is 13.7. The van der Waals surface area contributed by atoms with Gasteiger partial charge in [0.05, 0.1) is 12.8 Å². The number of aryl methyl sites for hydroxylation is 1. The number of nitrogens with zero attached hydrogens (tertiary/aromatic N) is 2. The molecule has 0 spiro atoms. The lowest BCUT2D eigenvalue weighted by atomic mass is 10.1. The smallest absolute Gasteiger partial charge is 0.422 e. The molecule has 0 saturated carbocycles. The average Bonchev–Trinajstić information content (AvgIpc) is 2.51. The molecular weight excluding hydrogens is 307 g/mol. The van der Waals surface area contributed by atoms with Crippen LogP contribution >= 0.6 is 0 Å². The number of carbonyl (C=O) groups excluding carboxylic acids is 2. The van der Waals surface area contributed by atoms with Crippen LogP contribution in [0.3, 0.4) is 0 Å². The Morgan fingerprint density at radius 3 is 2.48 bits per heavy atom. The Morgan fingerprint density at radius 1 is 1.22 bits per heavy atom. The summed E-state index contributed by atoms with van der Waals surface area (Å²) in [5.41, 5.74) is -2.17. The van der Waals surface area contributed by atoms with Crippen LogP contribution in [-0.4, -0.2) is 27.7 Å². The third kappa shape index (κ3) is 2.96. The van der Waals surface area contributed by atoms with Crippen molar-refractivity contribution in [1.29, 1.82) is 0 Å². The van der Waals surface area contributed by atoms with Crippen molar-refractivity contribution in [3.8, 4) is 0 Å². The zero-order valence-electron chi connectivity index (χ0n) is 12.4. The van der Waals surface area contributed by atoms with E-state index in [-0.39, 0.29) is 21.3 Å². The molecule has 1 aromatic heterocycles. The van der Waals surface area contributed by atoms with E-state index < -0.39 is 29.1 Å². The van der Waals surface area contributed by atoms with Gasteiger partial charge in [-0.15, -0.1) is 0 Å². The first-order valence-electron chi connectivity index (χ1n) is 6.70. The van der Waals surface area contributed by atoms with Crippen LogP contribution in [0, 0.1) is 12.7 Å². The predicted molar refractivity (Wildman–Crippen MR) is 78.2 cm³/mol. The summed E-state index contributed by atoms with van der Waals surface area (Å²) in [6.07, 6.45) is -0.771. The van der Waals surface area contributed by atoms with E-state index in [1.54, 1.807) is 19.1 Å². The molecule has 2 aromatic rings. The molecule has 0 unspecified atom stereocenters. The molecule has 8 heteroatoms. The van der Waals surface area contributed by atoms with Crippen LogP contribution in [0.25, 0.3) is 0 Å². The first kappa shape index (κ1) is 16.3. The van der Waals surface area contributed by atoms with Crippen molar-refractivity contribution in [3.63, 3.8) is 0 Å². The van der Waals surface area contributed by atoms with Crippen LogP contribution in [-0.2, 0) is 4.74 Å². The van der Waals surface area contributed by atoms with E-state index in [2.05, 4.69) is 4.74 Å². The predicted octanol–water partition coefficient (Wildman–Crippen LogP) is 1.15. The lowest BCUT2D eigenvalue weighted by molar-refractivity contribution is 0.0945. The van der Waals surface area contributed by atoms with Crippen LogP contribution < -0.4 is 11.2 Å². The second kappa shape index (κ2) is 6.39. The number of carbonyl (C=O) groups is 2. The van der Waals surface area contributed by atoms with Gasteiger partial charge in [-0.2, -0.15) is 13.5 Å². The second-order valence-electron chi connectivity index (χ2n) is 4.59. The molecule has 0 saturated heterocycles. The standard InChI is InChI=1S/C15H13FN2O5/c1-3-23-15(22)17-8-11(16)13(20)18(14(17)21)12(19)10-7-5-4-6-9(10)2/h4-8H,3H2,1-2H3. The fourth-order valence-electron chi connectivity index (χ4n) is 1.96. The molecule has 0 bridgehead atoms. The second-order valence-corrected chi connectivity index (χ2v) is 4.59. The fraction of sp³-hybridized carbons (Fsp3) is 0.200. The molecule has 1 heterocycles. The zero-order valence-corrected chi connectivity index (χ0v) is 12.4. The van der Waals surface area contributed by atoms with Crippen LogP contribution in [0.4, 0.5) is 9.18 Å². The maximum Gasteiger partial charge on any atom is 0.422 e. The number of rotatable bonds is 2. The minimum Gasteiger partial charge on any atom is -0.449 e. The largest absolute Gasteiger partial charge is 0.449 e. The van der Waals surface area contributed by atoms with Gasteiger partial charge in [0, 0.05) is 5.56 Å². The van der Waals surface area contributed by atoms with Gasteiger partial charge >= 0.3 is 11.8 Å². The van der Waals surface area contributed by atoms with Crippen molar-refractivity contribution in [1.82, 2.24) is 9.13 Å². The van der Waals surface area contributed by atoms with Crippen molar-refractivity contribution >= 4 is 12.0 Å². The topological polar surface area (TPSA) is 87.4 Å². The number of hydrogen-bond donors (Lipinski definition) is 0. The van der Waals surface area contributed by atoms with E-state index >= 15 is 0 Å². The van der Waals surface area contributed by atoms with Gasteiger partial charge in [0.1, 0.15) is 0 Å². The van der Waals surface area contributed by atoms with E-state index in [4.69, 9.17) is 0 Å². The first-order chi connectivity index (χ1) is 10.9. The highest BCUT2D eigenvalue weighted by molar-refractivity contribution is 5.97. The monoisotopic (exact) mass is 320 g/mol. The van der Waals surface area contributed by atoms with Gasteiger partial charge in [0.15, 0.2) is 0 Å². The van der Waals surface area contributed by atoms with Gasteiger partial charge in [0.2, 0.25) is 5.82 Å². The lowest BCUT2D eigenvalue weighted by Gasteiger charge is -2.09. The molecule has 0 aliphatic carbocycles. The van der Waals surface area contributed by atoms with E-state index in [9.17, 15) is 23.6 Å². The minimum absolute atomic E-state index is 0.0488. The molecule has 0 atom stereocenters. The van der Waals surface area contributed by atoms with Crippen molar-refractivity contribution in [2.45, 2.75) is 13.8 Å². The molecule has 120 valence electrons. The summed E-state index contributed by atoms with van der Waals surface area (Å²) in [5, 5.41) is 0. The molecule has 2 rings (SSSR count). The summed E-state index contributed by atoms with van der Waals surface area (Å²) < 4.78 is 18.7. The Hall–Kier alpha value is -3.03. The van der Waals surface area contributed by atoms with Gasteiger partial charge in [-0.05, 0) is 25.5 Å². The number of halogens is 1. The van der Waals surface area contributed by atoms with E-state index in [1.165, 1.54) is 19.1 Å². The molecular formula is C15H13FN2O5. The highest BCUT2D eigenvalue weighted by atomic mass is 19.1. The van der Waals surface area contributed by atoms with E-state index in [1.807, 2.05) is 0 Å². The maximum atomic E-state index is 13.7. The van der Waals surface area contributed by atoms with Crippen LogP contribution in [0.5, 0.6) is 0 Å². The van der Waals surface area contributed by atoms with Crippen LogP contribution in [0.15, 0.2) is 40.1 Å². The fourth-order valence-corrected chi connectivity index (χ4v) is 1.96. The zero-order chi connectivity index (χ0) is 17.1. The number of ether oxygens (including phenoxy) is 1. The molecule has 0 amide bonds. The Kier molecular flexibility index (Phi) is 4.54. The summed E-state index contributed by atoms with van der Waals surface area (Å²) in [7, 11) is 0. The summed E-state index contributed by atoms with van der Waals surface area (Å²) >= 11 is 0. The Labute approximate surface area is 129 Å². The summed E-state index contributed by atoms with van der Waals surface area (Å²) in [6, 6.07) is 6.19. The van der Waals surface area contributed by atoms with Crippen molar-refractivity contribution in [3.05, 3.63) is 68.2 Å². The Morgan fingerprint density at radius 2 is 1.87 bits per heavy atom. The van der Waals surface area contributed by atoms with Gasteiger partial charge in [-0.1, -0.05) is 18.2 Å². The number of aromatic nitrogens is 2. The van der Waals surface area contributed by atoms with Crippen LogP contribution in [0.1, 0.15) is 22.8 Å². The molecule has 23 heavy (non-hydrogen) atoms. The summed E-state index contributed by atoms with van der Waals surface area (Å²) in [5.74, 6) is -2.43. The number of hydrogen-bond acceptors (Lipinski definition) is 5. The highest BCUT2D eigenvalue weighted by Gasteiger charge is 2.22. The van der Waals surface area contributed by atoms with Gasteiger partial charge in [0.25, 0.3) is 11.5 Å². The molecule has 0 N–H and O–H groups in total. The van der Waals surface area contributed by atoms with Gasteiger partial charge in [-0.25, -0.2) is 9.59 Å². The lowest BCUT2D eigenvalue weighted by Crippen LogP contribution is -2.47. The molecule has 0 aliphatic heterocycles. The van der Waals surface area contributed by atoms with Crippen molar-refractivity contribution in [2.24, 2.45) is 0 Å². The Balaban J connectivity index is 2.70. The van der Waals surface area contributed by atoms with Gasteiger partial charge in [-0.3, -0.25) is 9.59 Å². The van der Waals surface area contributed by atoms with Crippen LogP contribution in [0.2, 0.25) is 0 Å². The third-order valence-corrected chi connectivity index (χ3v) is 3.09. The first-order valence-corrected chi connectivity index (χ1v) is 6.70. The molecule has 0 radical (unpaired) electrons.